The summed E-state index contributed by atoms with van der Waals surface area (Å²) < 4.78 is 15.8. The molecule has 1 aromatic carbocycles. The fraction of sp³-hybridized carbons (Fsp3) is 0.176. The highest BCUT2D eigenvalue weighted by Crippen LogP contribution is 2.17. The van der Waals surface area contributed by atoms with Crippen LogP contribution in [0.15, 0.2) is 47.2 Å². The summed E-state index contributed by atoms with van der Waals surface area (Å²) in [5.74, 6) is -0.424. The smallest absolute Gasteiger partial charge is 0.224 e. The molecule has 23 heavy (non-hydrogen) atoms. The summed E-state index contributed by atoms with van der Waals surface area (Å²) in [6.07, 6.45) is 4.04. The van der Waals surface area contributed by atoms with E-state index in [4.69, 9.17) is 0 Å². The first kappa shape index (κ1) is 15.7. The lowest BCUT2D eigenvalue weighted by Gasteiger charge is -2.03. The van der Waals surface area contributed by atoms with E-state index in [9.17, 15) is 9.18 Å². The topological polar surface area (TPSA) is 46.4 Å². The Morgan fingerprint density at radius 3 is 2.78 bits per heavy atom. The molecule has 0 bridgehead atoms. The molecule has 0 aliphatic rings. The van der Waals surface area contributed by atoms with E-state index in [1.165, 1.54) is 12.1 Å². The number of pyridine rings is 1. The van der Waals surface area contributed by atoms with Gasteiger partial charge in [0.25, 0.3) is 0 Å². The predicted molar refractivity (Wildman–Crippen MR) is 89.6 cm³/mol. The van der Waals surface area contributed by atoms with Gasteiger partial charge in [-0.15, -0.1) is 0 Å². The Bertz CT molecular complexity index is 858. The zero-order chi connectivity index (χ0) is 16.4. The number of imidazole rings is 1. The van der Waals surface area contributed by atoms with Crippen LogP contribution in [0.4, 0.5) is 4.39 Å². The van der Waals surface area contributed by atoms with Crippen molar-refractivity contribution in [2.24, 2.45) is 0 Å². The average molecular weight is 376 g/mol. The first-order chi connectivity index (χ1) is 11.0. The number of fused-ring (bicyclic) bond motifs is 1. The molecule has 3 rings (SSSR count). The maximum Gasteiger partial charge on any atom is 0.224 e. The fourth-order valence-corrected chi connectivity index (χ4v) is 2.96. The first-order valence-electron chi connectivity index (χ1n) is 7.16. The van der Waals surface area contributed by atoms with Crippen molar-refractivity contribution in [3.8, 4) is 0 Å². The van der Waals surface area contributed by atoms with Crippen LogP contribution in [0.25, 0.3) is 5.65 Å². The van der Waals surface area contributed by atoms with Crippen LogP contribution in [-0.2, 0) is 17.8 Å². The van der Waals surface area contributed by atoms with E-state index in [2.05, 4.69) is 26.2 Å². The molecule has 118 valence electrons. The van der Waals surface area contributed by atoms with Crippen molar-refractivity contribution in [1.82, 2.24) is 14.7 Å². The predicted octanol–water partition coefficient (Wildman–Crippen LogP) is 3.40. The highest BCUT2D eigenvalue weighted by Gasteiger charge is 2.08. The Morgan fingerprint density at radius 2 is 2.04 bits per heavy atom. The van der Waals surface area contributed by atoms with E-state index in [0.29, 0.717) is 6.54 Å². The van der Waals surface area contributed by atoms with Gasteiger partial charge >= 0.3 is 0 Å². The molecule has 0 saturated heterocycles. The van der Waals surface area contributed by atoms with E-state index in [1.807, 2.05) is 29.8 Å². The monoisotopic (exact) mass is 375 g/mol. The number of aromatic nitrogens is 2. The SMILES string of the molecule is Cc1cc(Br)cn2cc(CNC(=O)Cc3ccc(F)cc3)nc12. The lowest BCUT2D eigenvalue weighted by atomic mass is 10.1. The number of hydrogen-bond donors (Lipinski definition) is 1. The third-order valence-electron chi connectivity index (χ3n) is 3.50. The Balaban J connectivity index is 1.64. The molecule has 3 aromatic rings. The molecule has 2 aromatic heterocycles. The number of hydrogen-bond acceptors (Lipinski definition) is 2. The molecule has 1 amide bonds. The molecule has 6 heteroatoms. The van der Waals surface area contributed by atoms with Crippen LogP contribution >= 0.6 is 15.9 Å². The van der Waals surface area contributed by atoms with Crippen LogP contribution in [0, 0.1) is 12.7 Å². The van der Waals surface area contributed by atoms with Crippen LogP contribution in [-0.4, -0.2) is 15.3 Å². The summed E-state index contributed by atoms with van der Waals surface area (Å²) >= 11 is 3.45. The summed E-state index contributed by atoms with van der Waals surface area (Å²) in [5.41, 5.74) is 3.50. The number of benzene rings is 1. The third-order valence-corrected chi connectivity index (χ3v) is 3.93. The maximum absolute atomic E-state index is 12.8. The zero-order valence-electron chi connectivity index (χ0n) is 12.5. The highest BCUT2D eigenvalue weighted by molar-refractivity contribution is 9.10. The number of rotatable bonds is 4. The second-order valence-electron chi connectivity index (χ2n) is 5.38. The Kier molecular flexibility index (Phi) is 4.43. The van der Waals surface area contributed by atoms with E-state index in [0.717, 1.165) is 26.9 Å². The molecular formula is C17H15BrFN3O. The number of carbonyl (C=O) groups excluding carboxylic acids is 1. The zero-order valence-corrected chi connectivity index (χ0v) is 14.1. The molecule has 0 fully saturated rings. The van der Waals surface area contributed by atoms with Crippen molar-refractivity contribution in [3.63, 3.8) is 0 Å². The van der Waals surface area contributed by atoms with E-state index < -0.39 is 0 Å². The minimum Gasteiger partial charge on any atom is -0.350 e. The molecule has 0 atom stereocenters. The second kappa shape index (κ2) is 6.50. The van der Waals surface area contributed by atoms with Crippen LogP contribution in [0.2, 0.25) is 0 Å². The minimum atomic E-state index is -0.305. The number of nitrogens with one attached hydrogen (secondary N) is 1. The quantitative estimate of drug-likeness (QED) is 0.759. The van der Waals surface area contributed by atoms with Crippen molar-refractivity contribution in [2.75, 3.05) is 0 Å². The Hall–Kier alpha value is -2.21. The van der Waals surface area contributed by atoms with E-state index in [1.54, 1.807) is 12.1 Å². The van der Waals surface area contributed by atoms with Gasteiger partial charge in [0.05, 0.1) is 18.7 Å². The van der Waals surface area contributed by atoms with Gasteiger partial charge in [0.2, 0.25) is 5.91 Å². The van der Waals surface area contributed by atoms with Gasteiger partial charge in [-0.2, -0.15) is 0 Å². The number of aryl methyl sites for hydroxylation is 1. The number of halogens is 2. The van der Waals surface area contributed by atoms with E-state index in [-0.39, 0.29) is 18.1 Å². The first-order valence-corrected chi connectivity index (χ1v) is 7.95. The molecule has 0 unspecified atom stereocenters. The van der Waals surface area contributed by atoms with Crippen molar-refractivity contribution in [2.45, 2.75) is 19.9 Å². The lowest BCUT2D eigenvalue weighted by molar-refractivity contribution is -0.120. The van der Waals surface area contributed by atoms with Crippen LogP contribution in [0.5, 0.6) is 0 Å². The molecular weight excluding hydrogens is 361 g/mol. The van der Waals surface area contributed by atoms with Gasteiger partial charge in [0.15, 0.2) is 0 Å². The van der Waals surface area contributed by atoms with Gasteiger partial charge in [-0.05, 0) is 52.2 Å². The van der Waals surface area contributed by atoms with Gasteiger partial charge in [-0.3, -0.25) is 4.79 Å². The van der Waals surface area contributed by atoms with Crippen LogP contribution in [0.3, 0.4) is 0 Å². The average Bonchev–Trinajstić information content (AvgIpc) is 2.91. The summed E-state index contributed by atoms with van der Waals surface area (Å²) in [6.45, 7) is 2.35. The summed E-state index contributed by atoms with van der Waals surface area (Å²) in [4.78, 5) is 16.5. The third kappa shape index (κ3) is 3.76. The molecule has 0 spiro atoms. The molecule has 4 nitrogen and oxygen atoms in total. The van der Waals surface area contributed by atoms with E-state index >= 15 is 0 Å². The number of nitrogens with zero attached hydrogens (tertiary/aromatic N) is 2. The summed E-state index contributed by atoms with van der Waals surface area (Å²) in [6, 6.07) is 7.93. The van der Waals surface area contributed by atoms with Gasteiger partial charge in [-0.1, -0.05) is 12.1 Å². The molecule has 0 saturated carbocycles. The van der Waals surface area contributed by atoms with Crippen LogP contribution < -0.4 is 5.32 Å². The molecule has 0 radical (unpaired) electrons. The summed E-state index contributed by atoms with van der Waals surface area (Å²) in [7, 11) is 0. The normalized spacial score (nSPS) is 10.9. The van der Waals surface area contributed by atoms with Gasteiger partial charge in [-0.25, -0.2) is 9.37 Å². The minimum absolute atomic E-state index is 0.119. The van der Waals surface area contributed by atoms with Crippen molar-refractivity contribution < 1.29 is 9.18 Å². The Morgan fingerprint density at radius 1 is 1.30 bits per heavy atom. The maximum atomic E-state index is 12.8. The number of carbonyl (C=O) groups is 1. The standard InChI is InChI=1S/C17H15BrFN3O/c1-11-6-13(18)9-22-10-15(21-17(11)22)8-20-16(23)7-12-2-4-14(19)5-3-12/h2-6,9-10H,7-8H2,1H3,(H,20,23). The number of amides is 1. The van der Waals surface area contributed by atoms with Gasteiger partial charge in [0.1, 0.15) is 11.5 Å². The van der Waals surface area contributed by atoms with Crippen molar-refractivity contribution in [3.05, 3.63) is 69.8 Å². The summed E-state index contributed by atoms with van der Waals surface area (Å²) in [5, 5.41) is 2.84. The van der Waals surface area contributed by atoms with Crippen LogP contribution in [0.1, 0.15) is 16.8 Å². The molecule has 2 heterocycles. The highest BCUT2D eigenvalue weighted by atomic mass is 79.9. The second-order valence-corrected chi connectivity index (χ2v) is 6.30. The molecule has 1 N–H and O–H groups in total. The molecule has 0 aliphatic carbocycles. The van der Waals surface area contributed by atoms with Crippen molar-refractivity contribution >= 4 is 27.5 Å². The lowest BCUT2D eigenvalue weighted by Crippen LogP contribution is -2.24. The Labute approximate surface area is 141 Å². The van der Waals surface area contributed by atoms with Crippen molar-refractivity contribution in [1.29, 1.82) is 0 Å². The molecule has 0 aliphatic heterocycles. The largest absolute Gasteiger partial charge is 0.350 e. The fourth-order valence-electron chi connectivity index (χ4n) is 2.40. The van der Waals surface area contributed by atoms with Gasteiger partial charge in [0, 0.05) is 16.9 Å². The van der Waals surface area contributed by atoms with Gasteiger partial charge < -0.3 is 9.72 Å².